The van der Waals surface area contributed by atoms with Gasteiger partial charge in [0.15, 0.2) is 11.5 Å². The zero-order valence-electron chi connectivity index (χ0n) is 14.9. The normalized spacial score (nSPS) is 11.2. The first-order valence-corrected chi connectivity index (χ1v) is 10.3. The molecule has 142 valence electrons. The van der Waals surface area contributed by atoms with Crippen LogP contribution in [-0.2, 0) is 16.4 Å². The first-order valence-electron chi connectivity index (χ1n) is 7.84. The monoisotopic (exact) mass is 398 g/mol. The van der Waals surface area contributed by atoms with E-state index in [-0.39, 0.29) is 15.7 Å². The van der Waals surface area contributed by atoms with Crippen molar-refractivity contribution in [3.63, 3.8) is 0 Å². The summed E-state index contributed by atoms with van der Waals surface area (Å²) in [6.07, 6.45) is 1.46. The van der Waals surface area contributed by atoms with Gasteiger partial charge in [0, 0.05) is 13.6 Å². The minimum absolute atomic E-state index is 0.126. The van der Waals surface area contributed by atoms with Crippen LogP contribution in [0.3, 0.4) is 0 Å². The molecular weight excluding hydrogens is 376 g/mol. The number of nitrogens with zero attached hydrogens (tertiary/aromatic N) is 1. The molecule has 2 rings (SSSR count). The molecule has 1 amide bonds. The van der Waals surface area contributed by atoms with E-state index >= 15 is 0 Å². The Balaban J connectivity index is 1.98. The maximum Gasteiger partial charge on any atom is 0.265 e. The number of primary sulfonamides is 1. The molecule has 2 aromatic rings. The number of aryl methyl sites for hydroxylation is 1. The van der Waals surface area contributed by atoms with Crippen molar-refractivity contribution < 1.29 is 22.7 Å². The fourth-order valence-corrected chi connectivity index (χ4v) is 4.47. The van der Waals surface area contributed by atoms with Gasteiger partial charge in [-0.25, -0.2) is 13.6 Å². The van der Waals surface area contributed by atoms with E-state index in [0.29, 0.717) is 24.5 Å². The van der Waals surface area contributed by atoms with E-state index in [9.17, 15) is 13.2 Å². The second kappa shape index (κ2) is 8.52. The first-order chi connectivity index (χ1) is 12.3. The number of hydrogen-bond donors (Lipinski definition) is 1. The van der Waals surface area contributed by atoms with Crippen LogP contribution >= 0.6 is 11.3 Å². The van der Waals surface area contributed by atoms with Crippen LogP contribution in [0.25, 0.3) is 0 Å². The van der Waals surface area contributed by atoms with Crippen molar-refractivity contribution in [2.45, 2.75) is 17.7 Å². The van der Waals surface area contributed by atoms with Gasteiger partial charge in [-0.3, -0.25) is 4.79 Å². The van der Waals surface area contributed by atoms with Crippen molar-refractivity contribution in [2.24, 2.45) is 5.14 Å². The Kier molecular flexibility index (Phi) is 6.63. The lowest BCUT2D eigenvalue weighted by atomic mass is 10.1. The lowest BCUT2D eigenvalue weighted by Crippen LogP contribution is -2.29. The lowest BCUT2D eigenvalue weighted by molar-refractivity contribution is 0.0795. The van der Waals surface area contributed by atoms with Gasteiger partial charge in [-0.05, 0) is 42.0 Å². The van der Waals surface area contributed by atoms with Crippen LogP contribution < -0.4 is 14.6 Å². The molecule has 7 nitrogen and oxygen atoms in total. The second-order valence-electron chi connectivity index (χ2n) is 5.68. The zero-order valence-corrected chi connectivity index (χ0v) is 16.5. The number of benzene rings is 1. The zero-order chi connectivity index (χ0) is 19.3. The van der Waals surface area contributed by atoms with E-state index < -0.39 is 10.0 Å². The number of amides is 1. The molecule has 0 radical (unpaired) electrons. The van der Waals surface area contributed by atoms with Gasteiger partial charge < -0.3 is 14.4 Å². The summed E-state index contributed by atoms with van der Waals surface area (Å²) in [5.41, 5.74) is 1.06. The van der Waals surface area contributed by atoms with Crippen molar-refractivity contribution in [1.29, 1.82) is 0 Å². The molecule has 0 aliphatic carbocycles. The van der Waals surface area contributed by atoms with Crippen molar-refractivity contribution in [2.75, 3.05) is 27.8 Å². The Morgan fingerprint density at radius 2 is 1.88 bits per heavy atom. The van der Waals surface area contributed by atoms with Crippen molar-refractivity contribution >= 4 is 27.3 Å². The van der Waals surface area contributed by atoms with Gasteiger partial charge in [-0.2, -0.15) is 0 Å². The number of thiophene rings is 1. The van der Waals surface area contributed by atoms with Crippen molar-refractivity contribution in [3.8, 4) is 11.5 Å². The third-order valence-corrected chi connectivity index (χ3v) is 5.87. The van der Waals surface area contributed by atoms with Crippen LogP contribution in [0.15, 0.2) is 34.5 Å². The van der Waals surface area contributed by atoms with Crippen LogP contribution in [0.5, 0.6) is 11.5 Å². The standard InChI is InChI=1S/C17H22N2O5S2/c1-19(17(20)16-15(8-10-25-16)26(18,21)22)9-4-5-12-6-7-13(23-2)14(11-12)24-3/h6-8,10-11H,4-5,9H2,1-3H3,(H2,18,21,22). The third-order valence-electron chi connectivity index (χ3n) is 3.88. The van der Waals surface area contributed by atoms with E-state index in [1.54, 1.807) is 26.6 Å². The van der Waals surface area contributed by atoms with Gasteiger partial charge in [0.25, 0.3) is 5.91 Å². The number of nitrogens with two attached hydrogens (primary N) is 1. The Morgan fingerprint density at radius 1 is 1.19 bits per heavy atom. The number of carbonyl (C=O) groups excluding carboxylic acids is 1. The van der Waals surface area contributed by atoms with E-state index in [1.165, 1.54) is 11.0 Å². The average molecular weight is 399 g/mol. The van der Waals surface area contributed by atoms with Crippen LogP contribution in [0, 0.1) is 0 Å². The molecule has 0 bridgehead atoms. The highest BCUT2D eigenvalue weighted by Crippen LogP contribution is 2.28. The highest BCUT2D eigenvalue weighted by atomic mass is 32.2. The van der Waals surface area contributed by atoms with Crippen LogP contribution in [0.1, 0.15) is 21.7 Å². The van der Waals surface area contributed by atoms with Crippen LogP contribution in [0.4, 0.5) is 0 Å². The molecule has 0 spiro atoms. The quantitative estimate of drug-likeness (QED) is 0.734. The molecule has 0 fully saturated rings. The number of methoxy groups -OCH3 is 2. The molecule has 0 saturated carbocycles. The molecule has 9 heteroatoms. The molecule has 0 saturated heterocycles. The van der Waals surface area contributed by atoms with E-state index in [2.05, 4.69) is 0 Å². The number of carbonyl (C=O) groups is 1. The molecule has 0 aliphatic rings. The Labute approximate surface area is 157 Å². The molecule has 1 aromatic carbocycles. The molecule has 0 atom stereocenters. The van der Waals surface area contributed by atoms with Crippen molar-refractivity contribution in [3.05, 3.63) is 40.1 Å². The summed E-state index contributed by atoms with van der Waals surface area (Å²) < 4.78 is 33.6. The number of ether oxygens (including phenoxy) is 2. The Bertz CT molecular complexity index is 877. The smallest absolute Gasteiger partial charge is 0.265 e. The predicted molar refractivity (Wildman–Crippen MR) is 101 cm³/mol. The number of hydrogen-bond acceptors (Lipinski definition) is 6. The highest BCUT2D eigenvalue weighted by molar-refractivity contribution is 7.89. The molecule has 0 unspecified atom stereocenters. The van der Waals surface area contributed by atoms with E-state index in [4.69, 9.17) is 14.6 Å². The minimum atomic E-state index is -3.91. The summed E-state index contributed by atoms with van der Waals surface area (Å²) in [5.74, 6) is 0.971. The molecule has 2 N–H and O–H groups in total. The summed E-state index contributed by atoms with van der Waals surface area (Å²) in [7, 11) is 0.896. The SMILES string of the molecule is COc1ccc(CCCN(C)C(=O)c2sccc2S(N)(=O)=O)cc1OC. The van der Waals surface area contributed by atoms with Gasteiger partial charge in [0.1, 0.15) is 9.77 Å². The lowest BCUT2D eigenvalue weighted by Gasteiger charge is -2.17. The Morgan fingerprint density at radius 3 is 2.50 bits per heavy atom. The summed E-state index contributed by atoms with van der Waals surface area (Å²) in [6, 6.07) is 7.04. The average Bonchev–Trinajstić information content (AvgIpc) is 3.10. The fraction of sp³-hybridized carbons (Fsp3) is 0.353. The van der Waals surface area contributed by atoms with Gasteiger partial charge in [-0.1, -0.05) is 6.07 Å². The summed E-state index contributed by atoms with van der Waals surface area (Å²) in [6.45, 7) is 0.481. The summed E-state index contributed by atoms with van der Waals surface area (Å²) in [5, 5.41) is 6.70. The fourth-order valence-electron chi connectivity index (χ4n) is 2.51. The first kappa shape index (κ1) is 20.2. The summed E-state index contributed by atoms with van der Waals surface area (Å²) in [4.78, 5) is 14.0. The molecule has 0 aliphatic heterocycles. The maximum absolute atomic E-state index is 12.5. The molecule has 1 heterocycles. The van der Waals surface area contributed by atoms with E-state index in [1.807, 2.05) is 18.2 Å². The Hall–Kier alpha value is -2.10. The van der Waals surface area contributed by atoms with Crippen LogP contribution in [0.2, 0.25) is 0 Å². The van der Waals surface area contributed by atoms with E-state index in [0.717, 1.165) is 23.3 Å². The predicted octanol–water partition coefficient (Wildman–Crippen LogP) is 2.12. The number of rotatable bonds is 8. The number of sulfonamides is 1. The maximum atomic E-state index is 12.5. The van der Waals surface area contributed by atoms with Crippen LogP contribution in [-0.4, -0.2) is 47.0 Å². The van der Waals surface area contributed by atoms with Gasteiger partial charge in [-0.15, -0.1) is 11.3 Å². The third kappa shape index (κ3) is 4.75. The van der Waals surface area contributed by atoms with Crippen molar-refractivity contribution in [1.82, 2.24) is 4.90 Å². The van der Waals surface area contributed by atoms with Gasteiger partial charge in [0.2, 0.25) is 10.0 Å². The highest BCUT2D eigenvalue weighted by Gasteiger charge is 2.23. The molecule has 1 aromatic heterocycles. The van der Waals surface area contributed by atoms with Gasteiger partial charge in [0.05, 0.1) is 14.2 Å². The molecular formula is C17H22N2O5S2. The largest absolute Gasteiger partial charge is 0.493 e. The summed E-state index contributed by atoms with van der Waals surface area (Å²) >= 11 is 1.07. The minimum Gasteiger partial charge on any atom is -0.493 e. The second-order valence-corrected chi connectivity index (χ2v) is 8.12. The topological polar surface area (TPSA) is 98.9 Å². The molecule has 26 heavy (non-hydrogen) atoms. The van der Waals surface area contributed by atoms with Gasteiger partial charge >= 0.3 is 0 Å².